The highest BCUT2D eigenvalue weighted by atomic mass is 16.2. The molecule has 6 nitrogen and oxygen atoms in total. The first-order valence-electron chi connectivity index (χ1n) is 6.98. The van der Waals surface area contributed by atoms with Gasteiger partial charge in [0.05, 0.1) is 0 Å². The van der Waals surface area contributed by atoms with Gasteiger partial charge in [-0.15, -0.1) is 0 Å². The van der Waals surface area contributed by atoms with Gasteiger partial charge >= 0.3 is 6.03 Å². The first-order valence-corrected chi connectivity index (χ1v) is 6.98. The number of carbonyl (C=O) groups is 2. The number of rotatable bonds is 6. The van der Waals surface area contributed by atoms with E-state index < -0.39 is 5.91 Å². The molecule has 0 aliphatic heterocycles. The molecule has 0 saturated heterocycles. The molecule has 0 aromatic heterocycles. The molecule has 1 aromatic carbocycles. The van der Waals surface area contributed by atoms with Crippen molar-refractivity contribution in [2.75, 3.05) is 18.9 Å². The van der Waals surface area contributed by atoms with Crippen LogP contribution in [0.25, 0.3) is 0 Å². The third-order valence-electron chi connectivity index (χ3n) is 3.31. The van der Waals surface area contributed by atoms with Crippen LogP contribution in [0.5, 0.6) is 0 Å². The number of anilines is 1. The van der Waals surface area contributed by atoms with E-state index in [1.54, 1.807) is 0 Å². The second-order valence-electron chi connectivity index (χ2n) is 5.25. The predicted octanol–water partition coefficient (Wildman–Crippen LogP) is 1.69. The van der Waals surface area contributed by atoms with Crippen molar-refractivity contribution >= 4 is 17.6 Å². The van der Waals surface area contributed by atoms with E-state index in [0.717, 1.165) is 5.56 Å². The first kappa shape index (κ1) is 17.0. The molecule has 4 N–H and O–H groups in total. The number of hydrogen-bond acceptors (Lipinski definition) is 3. The zero-order valence-corrected chi connectivity index (χ0v) is 13.0. The summed E-state index contributed by atoms with van der Waals surface area (Å²) in [6, 6.07) is 7.37. The van der Waals surface area contributed by atoms with E-state index in [1.165, 1.54) is 4.90 Å². The van der Waals surface area contributed by atoms with Crippen molar-refractivity contribution in [1.82, 2.24) is 10.2 Å². The summed E-state index contributed by atoms with van der Waals surface area (Å²) in [6.45, 7) is 5.62. The summed E-state index contributed by atoms with van der Waals surface area (Å²) in [7, 11) is 1.89. The quantitative estimate of drug-likeness (QED) is 0.745. The predicted molar refractivity (Wildman–Crippen MR) is 84.0 cm³/mol. The zero-order valence-electron chi connectivity index (χ0n) is 13.0. The molecule has 0 spiro atoms. The Hall–Kier alpha value is -2.08. The minimum Gasteiger partial charge on any atom is -0.368 e. The Morgan fingerprint density at radius 1 is 1.19 bits per heavy atom. The number of hydrogen-bond donors (Lipinski definition) is 3. The van der Waals surface area contributed by atoms with Gasteiger partial charge in [-0.2, -0.15) is 0 Å². The van der Waals surface area contributed by atoms with Crippen molar-refractivity contribution in [1.29, 1.82) is 0 Å². The summed E-state index contributed by atoms with van der Waals surface area (Å²) in [4.78, 5) is 24.6. The Morgan fingerprint density at radius 3 is 2.19 bits per heavy atom. The number of nitrogens with two attached hydrogens (primary N) is 1. The van der Waals surface area contributed by atoms with E-state index in [1.807, 2.05) is 45.2 Å². The number of urea groups is 1. The van der Waals surface area contributed by atoms with Crippen LogP contribution in [0.2, 0.25) is 0 Å². The molecule has 21 heavy (non-hydrogen) atoms. The molecule has 1 aromatic rings. The summed E-state index contributed by atoms with van der Waals surface area (Å²) in [5, 5.41) is 5.92. The molecule has 1 unspecified atom stereocenters. The van der Waals surface area contributed by atoms with Crippen molar-refractivity contribution in [3.63, 3.8) is 0 Å². The molecule has 116 valence electrons. The highest BCUT2D eigenvalue weighted by Gasteiger charge is 2.18. The Morgan fingerprint density at radius 2 is 1.76 bits per heavy atom. The number of nitrogens with zero attached hydrogens (tertiary/aromatic N) is 1. The van der Waals surface area contributed by atoms with Crippen LogP contribution < -0.4 is 16.4 Å². The van der Waals surface area contributed by atoms with Crippen LogP contribution in [0.4, 0.5) is 10.5 Å². The maximum Gasteiger partial charge on any atom is 0.322 e. The normalized spacial score (nSPS) is 12.0. The second kappa shape index (κ2) is 7.64. The molecule has 1 atom stereocenters. The Kier molecular flexibility index (Phi) is 6.17. The summed E-state index contributed by atoms with van der Waals surface area (Å²) >= 11 is 0. The van der Waals surface area contributed by atoms with E-state index in [-0.39, 0.29) is 24.7 Å². The Balaban J connectivity index is 2.74. The Bertz CT molecular complexity index is 485. The number of primary amides is 1. The third-order valence-corrected chi connectivity index (χ3v) is 3.31. The van der Waals surface area contributed by atoms with Crippen LogP contribution in [0.15, 0.2) is 24.3 Å². The SMILES string of the molecule is CNC(C)c1ccc(NC(=O)N(CC(N)=O)C(C)C)cc1. The fourth-order valence-corrected chi connectivity index (χ4v) is 1.87. The number of nitrogens with one attached hydrogen (secondary N) is 2. The summed E-state index contributed by atoms with van der Waals surface area (Å²) < 4.78 is 0. The van der Waals surface area contributed by atoms with Crippen molar-refractivity contribution < 1.29 is 9.59 Å². The first-order chi connectivity index (χ1) is 9.85. The average Bonchev–Trinajstić information content (AvgIpc) is 2.44. The second-order valence-corrected chi connectivity index (χ2v) is 5.25. The van der Waals surface area contributed by atoms with E-state index in [9.17, 15) is 9.59 Å². The number of amides is 3. The van der Waals surface area contributed by atoms with Gasteiger partial charge in [-0.25, -0.2) is 4.79 Å². The van der Waals surface area contributed by atoms with Crippen molar-refractivity contribution in [3.8, 4) is 0 Å². The van der Waals surface area contributed by atoms with Crippen LogP contribution in [0.1, 0.15) is 32.4 Å². The molecule has 0 fully saturated rings. The standard InChI is InChI=1S/C15H24N4O2/c1-10(2)19(9-14(16)20)15(21)18-13-7-5-12(6-8-13)11(3)17-4/h5-8,10-11,17H,9H2,1-4H3,(H2,16,20)(H,18,21). The highest BCUT2D eigenvalue weighted by molar-refractivity contribution is 5.92. The maximum atomic E-state index is 12.2. The molecule has 6 heteroatoms. The van der Waals surface area contributed by atoms with Crippen LogP contribution in [0, 0.1) is 0 Å². The molecular formula is C15H24N4O2. The summed E-state index contributed by atoms with van der Waals surface area (Å²) in [5.74, 6) is -0.531. The minimum atomic E-state index is -0.531. The summed E-state index contributed by atoms with van der Waals surface area (Å²) in [5.41, 5.74) is 6.98. The van der Waals surface area contributed by atoms with E-state index in [0.29, 0.717) is 5.69 Å². The fraction of sp³-hybridized carbons (Fsp3) is 0.467. The van der Waals surface area contributed by atoms with Gasteiger partial charge in [0.2, 0.25) is 5.91 Å². The molecule has 3 amide bonds. The smallest absolute Gasteiger partial charge is 0.322 e. The van der Waals surface area contributed by atoms with Gasteiger partial charge in [-0.05, 0) is 45.5 Å². The van der Waals surface area contributed by atoms with Crippen molar-refractivity contribution in [3.05, 3.63) is 29.8 Å². The molecular weight excluding hydrogens is 268 g/mol. The van der Waals surface area contributed by atoms with E-state index in [4.69, 9.17) is 5.73 Å². The Labute approximate surface area is 125 Å². The lowest BCUT2D eigenvalue weighted by molar-refractivity contribution is -0.118. The molecule has 0 radical (unpaired) electrons. The van der Waals surface area contributed by atoms with Gasteiger partial charge < -0.3 is 21.3 Å². The fourth-order valence-electron chi connectivity index (χ4n) is 1.87. The lowest BCUT2D eigenvalue weighted by Gasteiger charge is -2.25. The summed E-state index contributed by atoms with van der Waals surface area (Å²) in [6.07, 6.45) is 0. The van der Waals surface area contributed by atoms with Crippen LogP contribution in [-0.4, -0.2) is 36.5 Å². The number of benzene rings is 1. The monoisotopic (exact) mass is 292 g/mol. The largest absolute Gasteiger partial charge is 0.368 e. The van der Waals surface area contributed by atoms with Crippen LogP contribution >= 0.6 is 0 Å². The van der Waals surface area contributed by atoms with Crippen LogP contribution in [-0.2, 0) is 4.79 Å². The van der Waals surface area contributed by atoms with Crippen molar-refractivity contribution in [2.45, 2.75) is 32.9 Å². The van der Waals surface area contributed by atoms with E-state index >= 15 is 0 Å². The molecule has 0 bridgehead atoms. The van der Waals surface area contributed by atoms with Gasteiger partial charge in [0.15, 0.2) is 0 Å². The topological polar surface area (TPSA) is 87.5 Å². The lowest BCUT2D eigenvalue weighted by Crippen LogP contribution is -2.44. The third kappa shape index (κ3) is 5.07. The molecule has 0 heterocycles. The van der Waals surface area contributed by atoms with Crippen LogP contribution in [0.3, 0.4) is 0 Å². The minimum absolute atomic E-state index is 0.0988. The van der Waals surface area contributed by atoms with Gasteiger partial charge in [0.25, 0.3) is 0 Å². The van der Waals surface area contributed by atoms with Gasteiger partial charge in [-0.1, -0.05) is 12.1 Å². The maximum absolute atomic E-state index is 12.2. The lowest BCUT2D eigenvalue weighted by atomic mass is 10.1. The number of carbonyl (C=O) groups excluding carboxylic acids is 2. The average molecular weight is 292 g/mol. The molecule has 1 rings (SSSR count). The van der Waals surface area contributed by atoms with Gasteiger partial charge in [0, 0.05) is 17.8 Å². The van der Waals surface area contributed by atoms with Crippen molar-refractivity contribution in [2.24, 2.45) is 5.73 Å². The van der Waals surface area contributed by atoms with E-state index in [2.05, 4.69) is 17.6 Å². The van der Waals surface area contributed by atoms with Gasteiger partial charge in [0.1, 0.15) is 6.54 Å². The zero-order chi connectivity index (χ0) is 16.0. The highest BCUT2D eigenvalue weighted by Crippen LogP contribution is 2.16. The molecule has 0 aliphatic carbocycles. The molecule has 0 aliphatic rings. The molecule has 0 saturated carbocycles. The van der Waals surface area contributed by atoms with Gasteiger partial charge in [-0.3, -0.25) is 4.79 Å².